The van der Waals surface area contributed by atoms with E-state index < -0.39 is 18.2 Å². The number of aliphatic hydroxyl groups excluding tert-OH is 1. The molecule has 3 aromatic carbocycles. The molecule has 1 saturated heterocycles. The topological polar surface area (TPSA) is 80.6 Å². The Hall–Kier alpha value is -4.23. The number of amides is 1. The quantitative estimate of drug-likeness (QED) is 0.197. The summed E-state index contributed by atoms with van der Waals surface area (Å²) in [6.45, 7) is 8.79. The van der Waals surface area contributed by atoms with Gasteiger partial charge < -0.3 is 19.7 Å². The molecule has 2 unspecified atom stereocenters. The second kappa shape index (κ2) is 13.0. The molecule has 0 spiro atoms. The Labute approximate surface area is 252 Å². The number of nitrogens with zero attached hydrogens (tertiary/aromatic N) is 1. The first-order chi connectivity index (χ1) is 20.6. The molecule has 2 heterocycles. The summed E-state index contributed by atoms with van der Waals surface area (Å²) in [7, 11) is 0. The second-order valence-electron chi connectivity index (χ2n) is 11.9. The van der Waals surface area contributed by atoms with Crippen molar-refractivity contribution < 1.29 is 23.8 Å². The molecule has 224 valence electrons. The van der Waals surface area contributed by atoms with Crippen LogP contribution in [0.3, 0.4) is 0 Å². The van der Waals surface area contributed by atoms with Gasteiger partial charge in [-0.1, -0.05) is 70.2 Å². The van der Waals surface area contributed by atoms with Crippen molar-refractivity contribution >= 4 is 17.6 Å². The van der Waals surface area contributed by atoms with E-state index in [0.717, 1.165) is 28.1 Å². The van der Waals surface area contributed by atoms with Crippen molar-refractivity contribution in [3.8, 4) is 22.4 Å². The lowest BCUT2D eigenvalue weighted by atomic mass is 9.94. The molecule has 2 atom stereocenters. The molecular formula is C36H39FN2O4. The molecule has 2 N–H and O–H groups in total. The van der Waals surface area contributed by atoms with Crippen LogP contribution in [0.25, 0.3) is 22.4 Å². The van der Waals surface area contributed by atoms with Gasteiger partial charge in [-0.25, -0.2) is 4.39 Å². The van der Waals surface area contributed by atoms with E-state index in [1.807, 2.05) is 68.4 Å². The number of benzene rings is 3. The lowest BCUT2D eigenvalue weighted by molar-refractivity contribution is -0.160. The van der Waals surface area contributed by atoms with Crippen molar-refractivity contribution in [3.63, 3.8) is 0 Å². The van der Waals surface area contributed by atoms with Crippen molar-refractivity contribution in [3.05, 3.63) is 102 Å². The van der Waals surface area contributed by atoms with Crippen LogP contribution in [0.5, 0.6) is 0 Å². The SMILES string of the molecule is CC(C)c1ccc(NC(=O)c2c(-c3ccccc3)c(-c3ccc(F)cc3)n(CCC3CC(O)CC(=O)O3)c2C(C)C)cc1. The van der Waals surface area contributed by atoms with E-state index in [9.17, 15) is 19.1 Å². The molecule has 1 amide bonds. The van der Waals surface area contributed by atoms with Gasteiger partial charge in [-0.2, -0.15) is 0 Å². The first-order valence-electron chi connectivity index (χ1n) is 15.0. The molecule has 1 aromatic heterocycles. The second-order valence-corrected chi connectivity index (χ2v) is 11.9. The fraction of sp³-hybridized carbons (Fsp3) is 0.333. The number of hydrogen-bond donors (Lipinski definition) is 2. The molecule has 4 aromatic rings. The van der Waals surface area contributed by atoms with Gasteiger partial charge >= 0.3 is 5.97 Å². The molecule has 0 radical (unpaired) electrons. The Kier molecular flexibility index (Phi) is 9.11. The van der Waals surface area contributed by atoms with Crippen LogP contribution >= 0.6 is 0 Å². The van der Waals surface area contributed by atoms with Crippen LogP contribution < -0.4 is 5.32 Å². The lowest BCUT2D eigenvalue weighted by Gasteiger charge is -2.27. The molecule has 1 aliphatic rings. The van der Waals surface area contributed by atoms with E-state index in [1.165, 1.54) is 17.7 Å². The van der Waals surface area contributed by atoms with E-state index in [4.69, 9.17) is 4.74 Å². The summed E-state index contributed by atoms with van der Waals surface area (Å²) in [5.74, 6) is -0.675. The zero-order valence-corrected chi connectivity index (χ0v) is 25.1. The van der Waals surface area contributed by atoms with Crippen LogP contribution in [-0.4, -0.2) is 33.8 Å². The zero-order chi connectivity index (χ0) is 30.7. The fourth-order valence-corrected chi connectivity index (χ4v) is 5.95. The minimum absolute atomic E-state index is 0.00127. The maximum absolute atomic E-state index is 14.3. The number of aliphatic hydroxyl groups is 1. The van der Waals surface area contributed by atoms with E-state index in [-0.39, 0.29) is 24.1 Å². The molecule has 0 saturated carbocycles. The van der Waals surface area contributed by atoms with Crippen LogP contribution in [0.1, 0.15) is 80.4 Å². The van der Waals surface area contributed by atoms with Crippen LogP contribution in [0.4, 0.5) is 10.1 Å². The first-order valence-corrected chi connectivity index (χ1v) is 15.0. The number of esters is 1. The van der Waals surface area contributed by atoms with Gasteiger partial charge in [-0.3, -0.25) is 9.59 Å². The monoisotopic (exact) mass is 582 g/mol. The number of hydrogen-bond acceptors (Lipinski definition) is 4. The average molecular weight is 583 g/mol. The molecular weight excluding hydrogens is 543 g/mol. The van der Waals surface area contributed by atoms with Crippen molar-refractivity contribution in [1.29, 1.82) is 0 Å². The third-order valence-electron chi connectivity index (χ3n) is 8.00. The van der Waals surface area contributed by atoms with Crippen molar-refractivity contribution in [2.24, 2.45) is 0 Å². The van der Waals surface area contributed by atoms with Gasteiger partial charge in [-0.15, -0.1) is 0 Å². The average Bonchev–Trinajstić information content (AvgIpc) is 3.32. The number of cyclic esters (lactones) is 1. The predicted octanol–water partition coefficient (Wildman–Crippen LogP) is 7.92. The standard InChI is InChI=1S/C36H39FN2O4/c1-22(2)24-12-16-28(17-13-24)38-36(42)33-32(25-8-6-5-7-9-25)35(26-10-14-27(37)15-11-26)39(34(33)23(3)4)19-18-30-20-29(40)21-31(41)43-30/h5-17,22-23,29-30,40H,18-21H2,1-4H3,(H,38,42). The maximum Gasteiger partial charge on any atom is 0.308 e. The zero-order valence-electron chi connectivity index (χ0n) is 25.1. The smallest absolute Gasteiger partial charge is 0.308 e. The summed E-state index contributed by atoms with van der Waals surface area (Å²) in [4.78, 5) is 26.4. The highest BCUT2D eigenvalue weighted by Gasteiger charge is 2.32. The molecule has 0 aliphatic carbocycles. The number of ether oxygens (including phenoxy) is 1. The van der Waals surface area contributed by atoms with Crippen molar-refractivity contribution in [2.45, 2.75) is 77.5 Å². The van der Waals surface area contributed by atoms with Gasteiger partial charge in [0, 0.05) is 36.3 Å². The van der Waals surface area contributed by atoms with Crippen molar-refractivity contribution in [2.75, 3.05) is 5.32 Å². The Balaban J connectivity index is 1.68. The van der Waals surface area contributed by atoms with E-state index in [0.29, 0.717) is 36.6 Å². The minimum Gasteiger partial charge on any atom is -0.462 e. The normalized spacial score (nSPS) is 16.9. The molecule has 1 aliphatic heterocycles. The van der Waals surface area contributed by atoms with Crippen LogP contribution in [0.15, 0.2) is 78.9 Å². The van der Waals surface area contributed by atoms with E-state index in [2.05, 4.69) is 23.7 Å². The number of carbonyl (C=O) groups is 2. The minimum atomic E-state index is -0.736. The molecule has 0 bridgehead atoms. The molecule has 6 nitrogen and oxygen atoms in total. The van der Waals surface area contributed by atoms with Crippen LogP contribution in [0.2, 0.25) is 0 Å². The van der Waals surface area contributed by atoms with Gasteiger partial charge in [-0.05, 0) is 64.9 Å². The van der Waals surface area contributed by atoms with Gasteiger partial charge in [0.25, 0.3) is 5.91 Å². The van der Waals surface area contributed by atoms with Crippen molar-refractivity contribution in [1.82, 2.24) is 4.57 Å². The summed E-state index contributed by atoms with van der Waals surface area (Å²) < 4.78 is 21.8. The number of halogens is 1. The maximum atomic E-state index is 14.3. The summed E-state index contributed by atoms with van der Waals surface area (Å²) in [5.41, 5.74) is 6.44. The van der Waals surface area contributed by atoms with Gasteiger partial charge in [0.05, 0.1) is 23.8 Å². The molecule has 43 heavy (non-hydrogen) atoms. The summed E-state index contributed by atoms with van der Waals surface area (Å²) >= 11 is 0. The van der Waals surface area contributed by atoms with E-state index >= 15 is 0 Å². The molecule has 5 rings (SSSR count). The fourth-order valence-electron chi connectivity index (χ4n) is 5.95. The third-order valence-corrected chi connectivity index (χ3v) is 8.00. The summed E-state index contributed by atoms with van der Waals surface area (Å²) in [6, 6.07) is 24.0. The lowest BCUT2D eigenvalue weighted by Crippen LogP contribution is -2.33. The number of anilines is 1. The Morgan fingerprint density at radius 3 is 2.23 bits per heavy atom. The molecule has 1 fully saturated rings. The number of nitrogens with one attached hydrogen (secondary N) is 1. The van der Waals surface area contributed by atoms with E-state index in [1.54, 1.807) is 12.1 Å². The largest absolute Gasteiger partial charge is 0.462 e. The number of carbonyl (C=O) groups excluding carboxylic acids is 2. The Morgan fingerprint density at radius 1 is 0.953 bits per heavy atom. The third kappa shape index (κ3) is 6.73. The summed E-state index contributed by atoms with van der Waals surface area (Å²) in [5, 5.41) is 13.3. The Morgan fingerprint density at radius 2 is 1.63 bits per heavy atom. The van der Waals surface area contributed by atoms with Crippen LogP contribution in [0, 0.1) is 5.82 Å². The molecule has 7 heteroatoms. The Bertz CT molecular complexity index is 1570. The highest BCUT2D eigenvalue weighted by molar-refractivity contribution is 6.12. The highest BCUT2D eigenvalue weighted by Crippen LogP contribution is 2.43. The van der Waals surface area contributed by atoms with Crippen LogP contribution in [-0.2, 0) is 16.1 Å². The predicted molar refractivity (Wildman–Crippen MR) is 168 cm³/mol. The summed E-state index contributed by atoms with van der Waals surface area (Å²) in [6.07, 6.45) is -0.367. The van der Waals surface area contributed by atoms with Gasteiger partial charge in [0.15, 0.2) is 0 Å². The van der Waals surface area contributed by atoms with Gasteiger partial charge in [0.2, 0.25) is 0 Å². The highest BCUT2D eigenvalue weighted by atomic mass is 19.1. The first kappa shape index (κ1) is 30.2. The van der Waals surface area contributed by atoms with Gasteiger partial charge in [0.1, 0.15) is 11.9 Å². The number of rotatable bonds is 9. The number of aromatic nitrogens is 1.